The fourth-order valence-electron chi connectivity index (χ4n) is 1.71. The van der Waals surface area contributed by atoms with Crippen LogP contribution in [0.3, 0.4) is 0 Å². The predicted octanol–water partition coefficient (Wildman–Crippen LogP) is 3.74. The van der Waals surface area contributed by atoms with Crippen LogP contribution in [0.4, 0.5) is 5.82 Å². The van der Waals surface area contributed by atoms with Gasteiger partial charge in [0, 0.05) is 13.0 Å². The van der Waals surface area contributed by atoms with Gasteiger partial charge in [0.05, 0.1) is 5.56 Å². The number of benzene rings is 1. The first kappa shape index (κ1) is 13.3. The van der Waals surface area contributed by atoms with E-state index in [1.807, 2.05) is 44.3 Å². The van der Waals surface area contributed by atoms with E-state index in [1.165, 1.54) is 0 Å². The van der Waals surface area contributed by atoms with E-state index < -0.39 is 0 Å². The number of rotatable bonds is 4. The van der Waals surface area contributed by atoms with Gasteiger partial charge in [0.15, 0.2) is 0 Å². The van der Waals surface area contributed by atoms with Crippen molar-refractivity contribution < 1.29 is 4.74 Å². The minimum Gasteiger partial charge on any atom is -0.439 e. The smallest absolute Gasteiger partial charge is 0.227 e. The fourth-order valence-corrected chi connectivity index (χ4v) is 1.71. The van der Waals surface area contributed by atoms with Gasteiger partial charge >= 0.3 is 0 Å². The monoisotopic (exact) mass is 257 g/mol. The van der Waals surface area contributed by atoms with Crippen molar-refractivity contribution in [3.05, 3.63) is 41.7 Å². The Morgan fingerprint density at radius 1 is 1.11 bits per heavy atom. The number of hydrogen-bond donors (Lipinski definition) is 1. The molecule has 2 rings (SSSR count). The highest BCUT2D eigenvalue weighted by molar-refractivity contribution is 5.49. The second-order valence-electron chi connectivity index (χ2n) is 4.68. The lowest BCUT2D eigenvalue weighted by atomic mass is 10.2. The molecule has 0 radical (unpaired) electrons. The quantitative estimate of drug-likeness (QED) is 0.906. The molecule has 0 saturated carbocycles. The van der Waals surface area contributed by atoms with Gasteiger partial charge in [-0.3, -0.25) is 0 Å². The van der Waals surface area contributed by atoms with Gasteiger partial charge in [0.2, 0.25) is 5.88 Å². The van der Waals surface area contributed by atoms with E-state index >= 15 is 0 Å². The summed E-state index contributed by atoms with van der Waals surface area (Å²) in [5.41, 5.74) is 0.913. The first-order chi connectivity index (χ1) is 9.11. The zero-order valence-electron chi connectivity index (χ0n) is 11.8. The highest BCUT2D eigenvalue weighted by Gasteiger charge is 2.13. The Labute approximate surface area is 113 Å². The standard InChI is InChI=1S/C15H19N3O/c1-10(2)13-17-14(16-4)11(3)15(18-13)19-12-8-6-5-7-9-12/h5-10H,1-4H3,(H,16,17,18). The van der Waals surface area contributed by atoms with Crippen LogP contribution in [0.25, 0.3) is 0 Å². The van der Waals surface area contributed by atoms with Crippen molar-refractivity contribution in [2.75, 3.05) is 12.4 Å². The van der Waals surface area contributed by atoms with E-state index in [0.29, 0.717) is 5.88 Å². The van der Waals surface area contributed by atoms with Crippen molar-refractivity contribution in [3.8, 4) is 11.6 Å². The van der Waals surface area contributed by atoms with E-state index in [1.54, 1.807) is 0 Å². The summed E-state index contributed by atoms with van der Waals surface area (Å²) in [5.74, 6) is 3.23. The van der Waals surface area contributed by atoms with Gasteiger partial charge < -0.3 is 10.1 Å². The molecule has 0 aliphatic rings. The number of nitrogens with zero attached hydrogens (tertiary/aromatic N) is 2. The molecule has 4 nitrogen and oxygen atoms in total. The van der Waals surface area contributed by atoms with Gasteiger partial charge in [0.25, 0.3) is 0 Å². The summed E-state index contributed by atoms with van der Waals surface area (Å²) < 4.78 is 5.85. The molecule has 0 spiro atoms. The minimum atomic E-state index is 0.255. The van der Waals surface area contributed by atoms with Crippen LogP contribution >= 0.6 is 0 Å². The topological polar surface area (TPSA) is 47.0 Å². The first-order valence-corrected chi connectivity index (χ1v) is 6.41. The third kappa shape index (κ3) is 3.02. The van der Waals surface area contributed by atoms with Crippen molar-refractivity contribution in [2.45, 2.75) is 26.7 Å². The average Bonchev–Trinajstić information content (AvgIpc) is 2.42. The minimum absolute atomic E-state index is 0.255. The van der Waals surface area contributed by atoms with Crippen molar-refractivity contribution in [2.24, 2.45) is 0 Å². The van der Waals surface area contributed by atoms with Gasteiger partial charge in [-0.05, 0) is 19.1 Å². The van der Waals surface area contributed by atoms with Crippen LogP contribution in [-0.2, 0) is 0 Å². The van der Waals surface area contributed by atoms with Crippen LogP contribution in [0.5, 0.6) is 11.6 Å². The van der Waals surface area contributed by atoms with Crippen molar-refractivity contribution >= 4 is 5.82 Å². The molecule has 0 aliphatic heterocycles. The van der Waals surface area contributed by atoms with Gasteiger partial charge in [-0.2, -0.15) is 4.98 Å². The molecule has 0 aliphatic carbocycles. The molecule has 1 heterocycles. The second kappa shape index (κ2) is 5.69. The lowest BCUT2D eigenvalue weighted by Gasteiger charge is -2.14. The maximum Gasteiger partial charge on any atom is 0.227 e. The summed E-state index contributed by atoms with van der Waals surface area (Å²) >= 11 is 0. The van der Waals surface area contributed by atoms with E-state index in [4.69, 9.17) is 4.74 Å². The molecule has 1 aromatic carbocycles. The number of ether oxygens (including phenoxy) is 1. The molecule has 100 valence electrons. The Hall–Kier alpha value is -2.10. The number of para-hydroxylation sites is 1. The van der Waals surface area contributed by atoms with Gasteiger partial charge in [0.1, 0.15) is 17.4 Å². The number of aromatic nitrogens is 2. The number of anilines is 1. The van der Waals surface area contributed by atoms with Gasteiger partial charge in [-0.15, -0.1) is 0 Å². The van der Waals surface area contributed by atoms with Crippen molar-refractivity contribution in [1.82, 2.24) is 9.97 Å². The van der Waals surface area contributed by atoms with E-state index in [9.17, 15) is 0 Å². The highest BCUT2D eigenvalue weighted by Crippen LogP contribution is 2.28. The van der Waals surface area contributed by atoms with E-state index in [0.717, 1.165) is 23.0 Å². The van der Waals surface area contributed by atoms with Crippen LogP contribution in [0.1, 0.15) is 31.2 Å². The zero-order chi connectivity index (χ0) is 13.8. The largest absolute Gasteiger partial charge is 0.439 e. The van der Waals surface area contributed by atoms with Crippen LogP contribution in [0.15, 0.2) is 30.3 Å². The molecule has 2 aromatic rings. The Morgan fingerprint density at radius 3 is 2.37 bits per heavy atom. The van der Waals surface area contributed by atoms with Gasteiger partial charge in [-0.1, -0.05) is 32.0 Å². The van der Waals surface area contributed by atoms with Crippen LogP contribution in [0, 0.1) is 6.92 Å². The summed E-state index contributed by atoms with van der Waals surface area (Å²) in [6, 6.07) is 9.66. The molecule has 1 N–H and O–H groups in total. The summed E-state index contributed by atoms with van der Waals surface area (Å²) in [6.07, 6.45) is 0. The molecular weight excluding hydrogens is 238 g/mol. The summed E-state index contributed by atoms with van der Waals surface area (Å²) in [5, 5.41) is 3.09. The van der Waals surface area contributed by atoms with Crippen molar-refractivity contribution in [3.63, 3.8) is 0 Å². The Kier molecular flexibility index (Phi) is 4.00. The third-order valence-electron chi connectivity index (χ3n) is 2.83. The lowest BCUT2D eigenvalue weighted by molar-refractivity contribution is 0.453. The first-order valence-electron chi connectivity index (χ1n) is 6.41. The van der Waals surface area contributed by atoms with Crippen LogP contribution < -0.4 is 10.1 Å². The van der Waals surface area contributed by atoms with E-state index in [2.05, 4.69) is 29.1 Å². The molecule has 0 fully saturated rings. The normalized spacial score (nSPS) is 10.6. The molecule has 0 amide bonds. The van der Waals surface area contributed by atoms with Crippen LogP contribution in [0.2, 0.25) is 0 Å². The predicted molar refractivity (Wildman–Crippen MR) is 76.9 cm³/mol. The maximum atomic E-state index is 5.85. The lowest BCUT2D eigenvalue weighted by Crippen LogP contribution is -2.06. The molecule has 0 unspecified atom stereocenters. The average molecular weight is 257 g/mol. The highest BCUT2D eigenvalue weighted by atomic mass is 16.5. The molecule has 1 aromatic heterocycles. The Balaban J connectivity index is 2.41. The van der Waals surface area contributed by atoms with Gasteiger partial charge in [-0.25, -0.2) is 4.98 Å². The third-order valence-corrected chi connectivity index (χ3v) is 2.83. The van der Waals surface area contributed by atoms with E-state index in [-0.39, 0.29) is 5.92 Å². The molecule has 0 atom stereocenters. The molecule has 4 heteroatoms. The molecule has 0 saturated heterocycles. The summed E-state index contributed by atoms with van der Waals surface area (Å²) in [6.45, 7) is 6.08. The van der Waals surface area contributed by atoms with Crippen molar-refractivity contribution in [1.29, 1.82) is 0 Å². The Bertz CT molecular complexity index is 553. The fraction of sp³-hybridized carbons (Fsp3) is 0.333. The molecule has 19 heavy (non-hydrogen) atoms. The summed E-state index contributed by atoms with van der Waals surface area (Å²) in [7, 11) is 1.85. The Morgan fingerprint density at radius 2 is 1.79 bits per heavy atom. The SMILES string of the molecule is CNc1nc(C(C)C)nc(Oc2ccccc2)c1C. The molecule has 0 bridgehead atoms. The number of hydrogen-bond acceptors (Lipinski definition) is 4. The maximum absolute atomic E-state index is 5.85. The molecular formula is C15H19N3O. The number of nitrogens with one attached hydrogen (secondary N) is 1. The summed E-state index contributed by atoms with van der Waals surface area (Å²) in [4.78, 5) is 8.99. The van der Waals surface area contributed by atoms with Crippen LogP contribution in [-0.4, -0.2) is 17.0 Å². The second-order valence-corrected chi connectivity index (χ2v) is 4.68. The zero-order valence-corrected chi connectivity index (χ0v) is 11.8.